The van der Waals surface area contributed by atoms with Gasteiger partial charge in [0.15, 0.2) is 0 Å². The fraction of sp³-hybridized carbons (Fsp3) is 0.312. The molecule has 3 rings (SSSR count). The van der Waals surface area contributed by atoms with Gasteiger partial charge in [-0.25, -0.2) is 9.48 Å². The molecule has 0 saturated carbocycles. The Hall–Kier alpha value is -1.80. The molecule has 1 aliphatic rings. The standard InChI is InChI=1S/C16H17BrN4O2S/c1-4-11-12(14(22)23-2)13(9-5-7-10(17)8-6-9)21-15(18-11)19-16(20-21)24-3/h5-8,13H,4H2,1-3H3,(H,18,19,20)/t13-/m0/s1. The van der Waals surface area contributed by atoms with E-state index in [0.717, 1.165) is 15.7 Å². The number of aromatic nitrogens is 3. The molecule has 0 unspecified atom stereocenters. The topological polar surface area (TPSA) is 69.0 Å². The summed E-state index contributed by atoms with van der Waals surface area (Å²) in [5.41, 5.74) is 2.32. The van der Waals surface area contributed by atoms with E-state index in [0.29, 0.717) is 23.1 Å². The van der Waals surface area contributed by atoms with Crippen molar-refractivity contribution in [2.24, 2.45) is 0 Å². The molecule has 1 aliphatic heterocycles. The second kappa shape index (κ2) is 6.98. The fourth-order valence-corrected chi connectivity index (χ4v) is 3.33. The number of fused-ring (bicyclic) bond motifs is 1. The molecule has 1 atom stereocenters. The Kier molecular flexibility index (Phi) is 4.96. The van der Waals surface area contributed by atoms with Gasteiger partial charge in [-0.1, -0.05) is 46.7 Å². The largest absolute Gasteiger partial charge is 0.466 e. The number of carbonyl (C=O) groups is 1. The maximum atomic E-state index is 12.5. The van der Waals surface area contributed by atoms with Crippen LogP contribution in [0.5, 0.6) is 0 Å². The summed E-state index contributed by atoms with van der Waals surface area (Å²) in [7, 11) is 1.39. The van der Waals surface area contributed by atoms with Gasteiger partial charge < -0.3 is 10.1 Å². The number of ether oxygens (including phenoxy) is 1. The van der Waals surface area contributed by atoms with Crippen molar-refractivity contribution in [2.75, 3.05) is 18.7 Å². The molecule has 0 spiro atoms. The summed E-state index contributed by atoms with van der Waals surface area (Å²) in [6, 6.07) is 7.47. The molecule has 2 aromatic rings. The first kappa shape index (κ1) is 17.0. The van der Waals surface area contributed by atoms with E-state index in [1.807, 2.05) is 37.4 Å². The number of methoxy groups -OCH3 is 1. The number of halogens is 1. The van der Waals surface area contributed by atoms with Crippen LogP contribution in [-0.4, -0.2) is 34.1 Å². The number of nitrogens with zero attached hydrogens (tertiary/aromatic N) is 3. The summed E-state index contributed by atoms with van der Waals surface area (Å²) < 4.78 is 7.76. The summed E-state index contributed by atoms with van der Waals surface area (Å²) in [5.74, 6) is 0.274. The molecule has 0 bridgehead atoms. The van der Waals surface area contributed by atoms with E-state index in [2.05, 4.69) is 31.3 Å². The molecule has 0 radical (unpaired) electrons. The van der Waals surface area contributed by atoms with E-state index in [1.165, 1.54) is 18.9 Å². The van der Waals surface area contributed by atoms with Crippen LogP contribution in [0.2, 0.25) is 0 Å². The van der Waals surface area contributed by atoms with Gasteiger partial charge in [0.1, 0.15) is 6.04 Å². The predicted molar refractivity (Wildman–Crippen MR) is 97.0 cm³/mol. The number of hydrogen-bond donors (Lipinski definition) is 1. The van der Waals surface area contributed by atoms with Gasteiger partial charge in [-0.2, -0.15) is 4.98 Å². The van der Waals surface area contributed by atoms with Crippen LogP contribution in [0.25, 0.3) is 0 Å². The van der Waals surface area contributed by atoms with E-state index < -0.39 is 0 Å². The van der Waals surface area contributed by atoms with Gasteiger partial charge in [-0.3, -0.25) is 0 Å². The highest BCUT2D eigenvalue weighted by Crippen LogP contribution is 2.37. The third kappa shape index (κ3) is 2.95. The minimum atomic E-state index is -0.370. The lowest BCUT2D eigenvalue weighted by Crippen LogP contribution is -2.30. The van der Waals surface area contributed by atoms with Gasteiger partial charge in [0.25, 0.3) is 0 Å². The molecule has 2 heterocycles. The first-order valence-corrected chi connectivity index (χ1v) is 9.45. The van der Waals surface area contributed by atoms with Crippen molar-refractivity contribution < 1.29 is 9.53 Å². The van der Waals surface area contributed by atoms with E-state index in [9.17, 15) is 4.79 Å². The second-order valence-electron chi connectivity index (χ2n) is 5.18. The average Bonchev–Trinajstić information content (AvgIpc) is 3.03. The Morgan fingerprint density at radius 1 is 1.42 bits per heavy atom. The molecule has 6 nitrogen and oxygen atoms in total. The van der Waals surface area contributed by atoms with Crippen molar-refractivity contribution in [1.82, 2.24) is 14.8 Å². The van der Waals surface area contributed by atoms with E-state index in [4.69, 9.17) is 4.74 Å². The molecule has 0 saturated heterocycles. The summed E-state index contributed by atoms with van der Waals surface area (Å²) in [5, 5.41) is 8.41. The van der Waals surface area contributed by atoms with Crippen molar-refractivity contribution in [2.45, 2.75) is 24.5 Å². The van der Waals surface area contributed by atoms with Crippen LogP contribution in [0.1, 0.15) is 24.9 Å². The van der Waals surface area contributed by atoms with Crippen LogP contribution in [-0.2, 0) is 9.53 Å². The number of allylic oxidation sites excluding steroid dienone is 1. The molecule has 8 heteroatoms. The number of carbonyl (C=O) groups excluding carboxylic acids is 1. The lowest BCUT2D eigenvalue weighted by Gasteiger charge is -2.28. The van der Waals surface area contributed by atoms with Crippen LogP contribution in [0.3, 0.4) is 0 Å². The van der Waals surface area contributed by atoms with Gasteiger partial charge in [0, 0.05) is 10.2 Å². The molecule has 0 aliphatic carbocycles. The Morgan fingerprint density at radius 3 is 2.71 bits per heavy atom. The van der Waals surface area contributed by atoms with Gasteiger partial charge >= 0.3 is 5.97 Å². The number of benzene rings is 1. The van der Waals surface area contributed by atoms with Crippen LogP contribution >= 0.6 is 27.7 Å². The average molecular weight is 409 g/mol. The van der Waals surface area contributed by atoms with Crippen LogP contribution in [0.4, 0.5) is 5.95 Å². The van der Waals surface area contributed by atoms with Gasteiger partial charge in [-0.15, -0.1) is 5.10 Å². The zero-order valence-corrected chi connectivity index (χ0v) is 15.9. The highest BCUT2D eigenvalue weighted by atomic mass is 79.9. The number of rotatable bonds is 4. The maximum Gasteiger partial charge on any atom is 0.338 e. The summed E-state index contributed by atoms with van der Waals surface area (Å²) in [4.78, 5) is 17.0. The molecule has 0 fully saturated rings. The Labute approximate surface area is 152 Å². The molecule has 1 aromatic heterocycles. The molecular weight excluding hydrogens is 392 g/mol. The van der Waals surface area contributed by atoms with Gasteiger partial charge in [0.2, 0.25) is 11.1 Å². The fourth-order valence-electron chi connectivity index (χ4n) is 2.72. The zero-order valence-electron chi connectivity index (χ0n) is 13.5. The third-order valence-corrected chi connectivity index (χ3v) is 4.91. The van der Waals surface area contributed by atoms with Crippen molar-refractivity contribution in [3.05, 3.63) is 45.6 Å². The molecular formula is C16H17BrN4O2S. The Balaban J connectivity index is 2.21. The number of thioether (sulfide) groups is 1. The number of anilines is 1. The minimum Gasteiger partial charge on any atom is -0.466 e. The highest BCUT2D eigenvalue weighted by Gasteiger charge is 2.35. The maximum absolute atomic E-state index is 12.5. The quantitative estimate of drug-likeness (QED) is 0.615. The monoisotopic (exact) mass is 408 g/mol. The van der Waals surface area contributed by atoms with Crippen molar-refractivity contribution in [3.63, 3.8) is 0 Å². The predicted octanol–water partition coefficient (Wildman–Crippen LogP) is 3.61. The van der Waals surface area contributed by atoms with E-state index in [-0.39, 0.29) is 12.0 Å². The summed E-state index contributed by atoms with van der Waals surface area (Å²) in [6.07, 6.45) is 2.59. The Bertz CT molecular complexity index is 801. The van der Waals surface area contributed by atoms with Gasteiger partial charge in [-0.05, 0) is 30.4 Å². The normalized spacial score (nSPS) is 16.6. The van der Waals surface area contributed by atoms with E-state index in [1.54, 1.807) is 4.68 Å². The van der Waals surface area contributed by atoms with Crippen molar-refractivity contribution in [3.8, 4) is 0 Å². The lowest BCUT2D eigenvalue weighted by atomic mass is 9.95. The SMILES string of the molecule is CCC1=C(C(=O)OC)[C@H](c2ccc(Br)cc2)n2nc(SC)nc2N1. The summed E-state index contributed by atoms with van der Waals surface area (Å²) in [6.45, 7) is 1.99. The third-order valence-electron chi connectivity index (χ3n) is 3.84. The minimum absolute atomic E-state index is 0.362. The summed E-state index contributed by atoms with van der Waals surface area (Å²) >= 11 is 4.91. The number of nitrogens with one attached hydrogen (secondary N) is 1. The number of esters is 1. The van der Waals surface area contributed by atoms with Crippen LogP contribution < -0.4 is 5.32 Å². The lowest BCUT2D eigenvalue weighted by molar-refractivity contribution is -0.136. The molecule has 0 amide bonds. The number of hydrogen-bond acceptors (Lipinski definition) is 6. The highest BCUT2D eigenvalue weighted by molar-refractivity contribution is 9.10. The molecule has 24 heavy (non-hydrogen) atoms. The van der Waals surface area contributed by atoms with Crippen molar-refractivity contribution >= 4 is 39.6 Å². The molecule has 126 valence electrons. The smallest absolute Gasteiger partial charge is 0.338 e. The van der Waals surface area contributed by atoms with Crippen LogP contribution in [0.15, 0.2) is 45.2 Å². The Morgan fingerprint density at radius 2 is 2.12 bits per heavy atom. The molecule has 1 aromatic carbocycles. The van der Waals surface area contributed by atoms with Gasteiger partial charge in [0.05, 0.1) is 12.7 Å². The molecule has 1 N–H and O–H groups in total. The first-order valence-electron chi connectivity index (χ1n) is 7.43. The first-order chi connectivity index (χ1) is 11.6. The van der Waals surface area contributed by atoms with E-state index >= 15 is 0 Å². The van der Waals surface area contributed by atoms with Crippen molar-refractivity contribution in [1.29, 1.82) is 0 Å². The zero-order chi connectivity index (χ0) is 17.3. The van der Waals surface area contributed by atoms with Crippen LogP contribution in [0, 0.1) is 0 Å². The second-order valence-corrected chi connectivity index (χ2v) is 6.87.